The van der Waals surface area contributed by atoms with E-state index in [1.54, 1.807) is 6.33 Å². The maximum absolute atomic E-state index is 12.7. The molecule has 1 N–H and O–H groups in total. The summed E-state index contributed by atoms with van der Waals surface area (Å²) >= 11 is 1.53. The van der Waals surface area contributed by atoms with Crippen molar-refractivity contribution in [1.29, 1.82) is 0 Å². The molecule has 4 rings (SSSR count). The van der Waals surface area contributed by atoms with Crippen LogP contribution in [0.5, 0.6) is 0 Å². The molecule has 3 aromatic rings. The highest BCUT2D eigenvalue weighted by molar-refractivity contribution is 7.18. The van der Waals surface area contributed by atoms with Crippen LogP contribution in [0, 0.1) is 13.8 Å². The Morgan fingerprint density at radius 2 is 1.86 bits per heavy atom. The molecule has 1 aliphatic rings. The van der Waals surface area contributed by atoms with Gasteiger partial charge in [-0.1, -0.05) is 0 Å². The van der Waals surface area contributed by atoms with Crippen LogP contribution in [-0.2, 0) is 11.3 Å². The van der Waals surface area contributed by atoms with Crippen LogP contribution in [0.1, 0.15) is 36.1 Å². The summed E-state index contributed by atoms with van der Waals surface area (Å²) in [5.74, 6) is -0.110. The smallest absolute Gasteiger partial charge is 0.262 e. The highest BCUT2D eigenvalue weighted by Gasteiger charge is 2.13. The molecule has 0 unspecified atom stereocenters. The fraction of sp³-hybridized carbons (Fsp3) is 0.409. The normalized spacial score (nSPS) is 14.3. The molecule has 3 heterocycles. The highest BCUT2D eigenvalue weighted by atomic mass is 32.1. The standard InChI is InChI=1S/C22H26N4O2S/c1-15-16(2)29-21-20(15)22(28)26(14-23-21)13-10-19(27)24-17-6-8-18(9-7-17)25-11-4-3-5-12-25/h6-9,14H,3-5,10-13H2,1-2H3,(H,24,27). The predicted molar refractivity (Wildman–Crippen MR) is 119 cm³/mol. The first kappa shape index (κ1) is 19.6. The second-order valence-electron chi connectivity index (χ2n) is 7.60. The van der Waals surface area contributed by atoms with Gasteiger partial charge >= 0.3 is 0 Å². The van der Waals surface area contributed by atoms with Gasteiger partial charge in [0.2, 0.25) is 5.91 Å². The number of aromatic nitrogens is 2. The number of fused-ring (bicyclic) bond motifs is 1. The number of nitrogens with one attached hydrogen (secondary N) is 1. The van der Waals surface area contributed by atoms with Crippen molar-refractivity contribution in [1.82, 2.24) is 9.55 Å². The quantitative estimate of drug-likeness (QED) is 0.688. The zero-order valence-electron chi connectivity index (χ0n) is 16.9. The van der Waals surface area contributed by atoms with E-state index < -0.39 is 0 Å². The lowest BCUT2D eigenvalue weighted by Crippen LogP contribution is -2.29. The average molecular weight is 411 g/mol. The summed E-state index contributed by atoms with van der Waals surface area (Å²) in [5.41, 5.74) is 2.89. The molecule has 0 atom stereocenters. The van der Waals surface area contributed by atoms with Crippen molar-refractivity contribution in [3.63, 3.8) is 0 Å². The summed E-state index contributed by atoms with van der Waals surface area (Å²) in [4.78, 5) is 33.7. The molecular weight excluding hydrogens is 384 g/mol. The molecule has 0 spiro atoms. The van der Waals surface area contributed by atoms with Gasteiger partial charge in [-0.3, -0.25) is 14.2 Å². The van der Waals surface area contributed by atoms with Gasteiger partial charge in [-0.2, -0.15) is 0 Å². The number of anilines is 2. The summed E-state index contributed by atoms with van der Waals surface area (Å²) in [6, 6.07) is 8.01. The zero-order valence-corrected chi connectivity index (χ0v) is 17.7. The maximum Gasteiger partial charge on any atom is 0.262 e. The van der Waals surface area contributed by atoms with E-state index in [0.717, 1.165) is 34.0 Å². The lowest BCUT2D eigenvalue weighted by molar-refractivity contribution is -0.116. The molecule has 1 fully saturated rings. The molecule has 6 nitrogen and oxygen atoms in total. The molecule has 0 saturated carbocycles. The topological polar surface area (TPSA) is 67.2 Å². The molecular formula is C22H26N4O2S. The Morgan fingerprint density at radius 3 is 2.59 bits per heavy atom. The third-order valence-corrected chi connectivity index (χ3v) is 6.72. The van der Waals surface area contributed by atoms with Crippen molar-refractivity contribution < 1.29 is 4.79 Å². The van der Waals surface area contributed by atoms with Crippen LogP contribution in [0.3, 0.4) is 0 Å². The number of benzene rings is 1. The van der Waals surface area contributed by atoms with E-state index in [4.69, 9.17) is 0 Å². The third kappa shape index (κ3) is 4.19. The molecule has 152 valence electrons. The van der Waals surface area contributed by atoms with Crippen LogP contribution >= 0.6 is 11.3 Å². The van der Waals surface area contributed by atoms with Gasteiger partial charge in [-0.25, -0.2) is 4.98 Å². The number of amides is 1. The van der Waals surface area contributed by atoms with Crippen LogP contribution in [0.25, 0.3) is 10.2 Å². The van der Waals surface area contributed by atoms with E-state index in [1.807, 2.05) is 26.0 Å². The van der Waals surface area contributed by atoms with Crippen molar-refractivity contribution in [3.8, 4) is 0 Å². The minimum Gasteiger partial charge on any atom is -0.372 e. The van der Waals surface area contributed by atoms with Crippen molar-refractivity contribution in [2.24, 2.45) is 0 Å². The van der Waals surface area contributed by atoms with E-state index >= 15 is 0 Å². The van der Waals surface area contributed by atoms with Crippen LogP contribution in [0.4, 0.5) is 11.4 Å². The van der Waals surface area contributed by atoms with Crippen molar-refractivity contribution in [2.45, 2.75) is 46.1 Å². The Balaban J connectivity index is 1.38. The zero-order chi connectivity index (χ0) is 20.4. The molecule has 0 bridgehead atoms. The van der Waals surface area contributed by atoms with Crippen LogP contribution in [0.2, 0.25) is 0 Å². The van der Waals surface area contributed by atoms with E-state index in [9.17, 15) is 9.59 Å². The van der Waals surface area contributed by atoms with Gasteiger partial charge in [-0.15, -0.1) is 11.3 Å². The number of nitrogens with zero attached hydrogens (tertiary/aromatic N) is 3. The number of piperidine rings is 1. The predicted octanol–water partition coefficient (Wildman–Crippen LogP) is 4.09. The fourth-order valence-corrected chi connectivity index (χ4v) is 4.77. The van der Waals surface area contributed by atoms with Gasteiger partial charge in [0.05, 0.1) is 11.7 Å². The van der Waals surface area contributed by atoms with Gasteiger partial charge < -0.3 is 10.2 Å². The number of hydrogen-bond acceptors (Lipinski definition) is 5. The summed E-state index contributed by atoms with van der Waals surface area (Å²) in [5, 5.41) is 3.59. The molecule has 1 aromatic carbocycles. The number of thiophene rings is 1. The molecule has 1 saturated heterocycles. The average Bonchev–Trinajstić information content (AvgIpc) is 3.03. The Kier molecular flexibility index (Phi) is 5.67. The summed E-state index contributed by atoms with van der Waals surface area (Å²) in [6.45, 7) is 6.45. The molecule has 1 aliphatic heterocycles. The monoisotopic (exact) mass is 410 g/mol. The molecule has 7 heteroatoms. The minimum atomic E-state index is -0.110. The SMILES string of the molecule is Cc1sc2ncn(CCC(=O)Nc3ccc(N4CCCCC4)cc3)c(=O)c2c1C. The van der Waals surface area contributed by atoms with Crippen molar-refractivity contribution in [2.75, 3.05) is 23.3 Å². The maximum atomic E-state index is 12.7. The minimum absolute atomic E-state index is 0.0736. The Bertz CT molecular complexity index is 1080. The van der Waals surface area contributed by atoms with E-state index in [-0.39, 0.29) is 17.9 Å². The fourth-order valence-electron chi connectivity index (χ4n) is 3.78. The Hall–Kier alpha value is -2.67. The highest BCUT2D eigenvalue weighted by Crippen LogP contribution is 2.25. The number of hydrogen-bond donors (Lipinski definition) is 1. The van der Waals surface area contributed by atoms with Gasteiger partial charge in [0.15, 0.2) is 0 Å². The number of rotatable bonds is 5. The van der Waals surface area contributed by atoms with E-state index in [1.165, 1.54) is 40.9 Å². The second-order valence-corrected chi connectivity index (χ2v) is 8.80. The van der Waals surface area contributed by atoms with Gasteiger partial charge in [0, 0.05) is 42.3 Å². The van der Waals surface area contributed by atoms with E-state index in [0.29, 0.717) is 11.9 Å². The number of aryl methyl sites for hydroxylation is 3. The summed E-state index contributed by atoms with van der Waals surface area (Å²) < 4.78 is 1.53. The van der Waals surface area contributed by atoms with E-state index in [2.05, 4.69) is 27.3 Å². The molecule has 2 aromatic heterocycles. The summed E-state index contributed by atoms with van der Waals surface area (Å²) in [7, 11) is 0. The van der Waals surface area contributed by atoms with Crippen LogP contribution in [-0.4, -0.2) is 28.5 Å². The van der Waals surface area contributed by atoms with Crippen LogP contribution in [0.15, 0.2) is 35.4 Å². The van der Waals surface area contributed by atoms with Gasteiger partial charge in [0.25, 0.3) is 5.56 Å². The van der Waals surface area contributed by atoms with Crippen molar-refractivity contribution >= 4 is 38.8 Å². The second kappa shape index (κ2) is 8.37. The molecule has 0 radical (unpaired) electrons. The lowest BCUT2D eigenvalue weighted by atomic mass is 10.1. The molecule has 29 heavy (non-hydrogen) atoms. The lowest BCUT2D eigenvalue weighted by Gasteiger charge is -2.28. The number of carbonyl (C=O) groups excluding carboxylic acids is 1. The first-order valence-corrected chi connectivity index (χ1v) is 10.9. The first-order chi connectivity index (χ1) is 14.0. The first-order valence-electron chi connectivity index (χ1n) is 10.1. The van der Waals surface area contributed by atoms with Gasteiger partial charge in [0.1, 0.15) is 4.83 Å². The Morgan fingerprint density at radius 1 is 1.14 bits per heavy atom. The largest absolute Gasteiger partial charge is 0.372 e. The Labute approximate surface area is 174 Å². The van der Waals surface area contributed by atoms with Crippen LogP contribution < -0.4 is 15.8 Å². The third-order valence-electron chi connectivity index (χ3n) is 5.61. The van der Waals surface area contributed by atoms with Gasteiger partial charge in [-0.05, 0) is 62.9 Å². The molecule has 0 aliphatic carbocycles. The molecule has 1 amide bonds. The van der Waals surface area contributed by atoms with Crippen molar-refractivity contribution in [3.05, 3.63) is 51.4 Å². The summed E-state index contributed by atoms with van der Waals surface area (Å²) in [6.07, 6.45) is 5.55. The number of carbonyl (C=O) groups is 1.